The first kappa shape index (κ1) is 19.5. The van der Waals surface area contributed by atoms with E-state index >= 15 is 0 Å². The van der Waals surface area contributed by atoms with Gasteiger partial charge in [0.2, 0.25) is 0 Å². The van der Waals surface area contributed by atoms with Crippen molar-refractivity contribution >= 4 is 29.0 Å². The van der Waals surface area contributed by atoms with Gasteiger partial charge in [-0.05, 0) is 50.2 Å². The van der Waals surface area contributed by atoms with Crippen molar-refractivity contribution in [2.24, 2.45) is 5.10 Å². The van der Waals surface area contributed by atoms with Crippen molar-refractivity contribution in [1.29, 1.82) is 0 Å². The van der Waals surface area contributed by atoms with Crippen molar-refractivity contribution in [2.75, 3.05) is 23.1 Å². The highest BCUT2D eigenvalue weighted by atomic mass is 19.1. The van der Waals surface area contributed by atoms with Gasteiger partial charge in [0, 0.05) is 18.7 Å². The number of hydrogen-bond acceptors (Lipinski definition) is 5. The molecule has 0 saturated carbocycles. The summed E-state index contributed by atoms with van der Waals surface area (Å²) in [7, 11) is 0. The molecule has 3 rings (SSSR count). The average Bonchev–Trinajstić information content (AvgIpc) is 3.16. The third kappa shape index (κ3) is 4.03. The second-order valence-electron chi connectivity index (χ2n) is 6.23. The van der Waals surface area contributed by atoms with Crippen LogP contribution in [0.15, 0.2) is 59.7 Å². The van der Waals surface area contributed by atoms with Crippen LogP contribution in [-0.2, 0) is 14.3 Å². The number of benzene rings is 2. The summed E-state index contributed by atoms with van der Waals surface area (Å²) in [5, 5.41) is 5.93. The van der Waals surface area contributed by atoms with Gasteiger partial charge in [-0.3, -0.25) is 9.80 Å². The maximum atomic E-state index is 13.3. The molecule has 0 aromatic heterocycles. The zero-order valence-corrected chi connectivity index (χ0v) is 15.8. The Morgan fingerprint density at radius 1 is 1.14 bits per heavy atom. The van der Waals surface area contributed by atoms with Crippen molar-refractivity contribution < 1.29 is 18.7 Å². The Morgan fingerprint density at radius 2 is 1.82 bits per heavy atom. The number of carbonyl (C=O) groups excluding carboxylic acids is 2. The number of hydrazone groups is 1. The molecule has 0 spiro atoms. The smallest absolute Gasteiger partial charge is 0.354 e. The maximum absolute atomic E-state index is 13.3. The van der Waals surface area contributed by atoms with E-state index in [0.29, 0.717) is 17.9 Å². The van der Waals surface area contributed by atoms with Gasteiger partial charge in [-0.15, -0.1) is 0 Å². The van der Waals surface area contributed by atoms with Crippen molar-refractivity contribution in [3.8, 4) is 0 Å². The zero-order chi connectivity index (χ0) is 20.1. The van der Waals surface area contributed by atoms with Crippen LogP contribution < -0.4 is 9.91 Å². The number of carbonyl (C=O) groups is 2. The summed E-state index contributed by atoms with van der Waals surface area (Å²) >= 11 is 0. The van der Waals surface area contributed by atoms with Crippen LogP contribution >= 0.6 is 0 Å². The van der Waals surface area contributed by atoms with Crippen LogP contribution in [0.2, 0.25) is 0 Å². The van der Waals surface area contributed by atoms with Gasteiger partial charge in [0.25, 0.3) is 5.91 Å². The molecule has 7 heteroatoms. The highest BCUT2D eigenvalue weighted by Crippen LogP contribution is 2.28. The lowest BCUT2D eigenvalue weighted by Crippen LogP contribution is -2.45. The highest BCUT2D eigenvalue weighted by Gasteiger charge is 2.39. The zero-order valence-electron chi connectivity index (χ0n) is 15.8. The van der Waals surface area contributed by atoms with E-state index < -0.39 is 12.0 Å². The van der Waals surface area contributed by atoms with Gasteiger partial charge in [0.1, 0.15) is 17.6 Å². The number of nitrogens with zero attached hydrogens (tertiary/aromatic N) is 3. The standard InChI is InChI=1S/C21H22FN3O3/c1-3-24(16-12-10-15(22)11-13-16)20(26)19-14-18(21(27)28-4-2)23-25(19)17-8-6-5-7-9-17/h5-13,19H,3-4,14H2,1-2H3. The molecular weight excluding hydrogens is 361 g/mol. The monoisotopic (exact) mass is 383 g/mol. The van der Waals surface area contributed by atoms with Crippen LogP contribution in [0.25, 0.3) is 0 Å². The minimum atomic E-state index is -0.688. The molecule has 1 atom stereocenters. The molecule has 2 aromatic rings. The van der Waals surface area contributed by atoms with Crippen molar-refractivity contribution in [1.82, 2.24) is 0 Å². The number of hydrogen-bond donors (Lipinski definition) is 0. The Kier molecular flexibility index (Phi) is 6.03. The molecule has 28 heavy (non-hydrogen) atoms. The first-order valence-corrected chi connectivity index (χ1v) is 9.21. The molecule has 0 N–H and O–H groups in total. The van der Waals surface area contributed by atoms with E-state index in [1.165, 1.54) is 12.1 Å². The Hall–Kier alpha value is -3.22. The topological polar surface area (TPSA) is 62.2 Å². The first-order valence-electron chi connectivity index (χ1n) is 9.21. The first-order chi connectivity index (χ1) is 13.5. The molecule has 0 radical (unpaired) electrons. The van der Waals surface area contributed by atoms with E-state index in [1.54, 1.807) is 29.0 Å². The number of ether oxygens (including phenoxy) is 1. The largest absolute Gasteiger partial charge is 0.461 e. The molecule has 1 amide bonds. The summed E-state index contributed by atoms with van der Waals surface area (Å²) in [6, 6.07) is 14.3. The molecule has 0 bridgehead atoms. The minimum Gasteiger partial charge on any atom is -0.461 e. The van der Waals surface area contributed by atoms with Crippen LogP contribution in [0.5, 0.6) is 0 Å². The number of halogens is 1. The van der Waals surface area contributed by atoms with Crippen LogP contribution in [0, 0.1) is 5.82 Å². The van der Waals surface area contributed by atoms with Crippen LogP contribution in [0.3, 0.4) is 0 Å². The Labute approximate surface area is 163 Å². The summed E-state index contributed by atoms with van der Waals surface area (Å²) in [5.41, 5.74) is 1.50. The van der Waals surface area contributed by atoms with Gasteiger partial charge in [-0.25, -0.2) is 9.18 Å². The predicted octanol–water partition coefficient (Wildman–Crippen LogP) is 3.38. The van der Waals surface area contributed by atoms with Gasteiger partial charge in [0.15, 0.2) is 0 Å². The van der Waals surface area contributed by atoms with E-state index in [2.05, 4.69) is 5.10 Å². The fourth-order valence-corrected chi connectivity index (χ4v) is 3.13. The molecule has 0 fully saturated rings. The molecular formula is C21H22FN3O3. The van der Waals surface area contributed by atoms with Crippen molar-refractivity contribution in [2.45, 2.75) is 26.3 Å². The van der Waals surface area contributed by atoms with Crippen LogP contribution in [-0.4, -0.2) is 36.8 Å². The highest BCUT2D eigenvalue weighted by molar-refractivity contribution is 6.38. The van der Waals surface area contributed by atoms with Gasteiger partial charge in [0.05, 0.1) is 12.3 Å². The quantitative estimate of drug-likeness (QED) is 0.718. The van der Waals surface area contributed by atoms with E-state index in [4.69, 9.17) is 4.74 Å². The number of esters is 1. The molecule has 0 saturated heterocycles. The molecule has 1 aliphatic rings. The fraction of sp³-hybridized carbons (Fsp3) is 0.286. The molecule has 6 nitrogen and oxygen atoms in total. The Bertz CT molecular complexity index is 868. The fourth-order valence-electron chi connectivity index (χ4n) is 3.13. The molecule has 146 valence electrons. The summed E-state index contributed by atoms with van der Waals surface area (Å²) in [6.07, 6.45) is 0.143. The molecule has 1 unspecified atom stereocenters. The minimum absolute atomic E-state index is 0.143. The SMILES string of the molecule is CCOC(=O)C1=NN(c2ccccc2)C(C(=O)N(CC)c2ccc(F)cc2)C1. The van der Waals surface area contributed by atoms with E-state index in [1.807, 2.05) is 37.3 Å². The predicted molar refractivity (Wildman–Crippen MR) is 106 cm³/mol. The Morgan fingerprint density at radius 3 is 2.43 bits per heavy atom. The molecule has 0 aliphatic carbocycles. The number of likely N-dealkylation sites (N-methyl/N-ethyl adjacent to an activating group) is 1. The normalized spacial score (nSPS) is 15.9. The second-order valence-corrected chi connectivity index (χ2v) is 6.23. The average molecular weight is 383 g/mol. The van der Waals surface area contributed by atoms with Gasteiger partial charge >= 0.3 is 5.97 Å². The summed E-state index contributed by atoms with van der Waals surface area (Å²) in [6.45, 7) is 4.20. The second kappa shape index (κ2) is 8.65. The lowest BCUT2D eigenvalue weighted by molar-refractivity contribution is -0.135. The maximum Gasteiger partial charge on any atom is 0.354 e. The summed E-state index contributed by atoms with van der Waals surface area (Å²) < 4.78 is 18.3. The molecule has 2 aromatic carbocycles. The van der Waals surface area contributed by atoms with Crippen molar-refractivity contribution in [3.63, 3.8) is 0 Å². The number of para-hydroxylation sites is 1. The van der Waals surface area contributed by atoms with E-state index in [9.17, 15) is 14.0 Å². The van der Waals surface area contributed by atoms with E-state index in [0.717, 1.165) is 0 Å². The van der Waals surface area contributed by atoms with Gasteiger partial charge < -0.3 is 9.64 Å². The Balaban J connectivity index is 1.92. The van der Waals surface area contributed by atoms with Crippen LogP contribution in [0.1, 0.15) is 20.3 Å². The van der Waals surface area contributed by atoms with E-state index in [-0.39, 0.29) is 30.5 Å². The van der Waals surface area contributed by atoms with Gasteiger partial charge in [-0.2, -0.15) is 5.10 Å². The summed E-state index contributed by atoms with van der Waals surface area (Å²) in [4.78, 5) is 27.1. The third-order valence-electron chi connectivity index (χ3n) is 4.45. The van der Waals surface area contributed by atoms with Crippen LogP contribution in [0.4, 0.5) is 15.8 Å². The van der Waals surface area contributed by atoms with Crippen molar-refractivity contribution in [3.05, 3.63) is 60.4 Å². The van der Waals surface area contributed by atoms with Gasteiger partial charge in [-0.1, -0.05) is 18.2 Å². The number of rotatable bonds is 6. The number of anilines is 2. The lowest BCUT2D eigenvalue weighted by atomic mass is 10.1. The molecule has 1 heterocycles. The summed E-state index contributed by atoms with van der Waals surface area (Å²) in [5.74, 6) is -1.11. The molecule has 1 aliphatic heterocycles. The number of amides is 1. The third-order valence-corrected chi connectivity index (χ3v) is 4.45. The lowest BCUT2D eigenvalue weighted by Gasteiger charge is -2.29.